The van der Waals surface area contributed by atoms with Gasteiger partial charge in [-0.1, -0.05) is 19.1 Å². The zero-order valence-corrected chi connectivity index (χ0v) is 10.9. The Morgan fingerprint density at radius 3 is 2.65 bits per heavy atom. The van der Waals surface area contributed by atoms with Crippen molar-refractivity contribution in [2.24, 2.45) is 0 Å². The first-order valence-corrected chi connectivity index (χ1v) is 6.63. The maximum Gasteiger partial charge on any atom is 0.128 e. The quantitative estimate of drug-likeness (QED) is 0.864. The van der Waals surface area contributed by atoms with Crippen LogP contribution in [0.1, 0.15) is 17.4 Å². The van der Waals surface area contributed by atoms with E-state index in [0.29, 0.717) is 6.54 Å². The summed E-state index contributed by atoms with van der Waals surface area (Å²) in [5.41, 5.74) is 2.77. The molecule has 0 radical (unpaired) electrons. The van der Waals surface area contributed by atoms with Gasteiger partial charge in [0.05, 0.1) is 0 Å². The molecule has 0 saturated carbocycles. The van der Waals surface area contributed by atoms with Crippen LogP contribution < -0.4 is 5.32 Å². The summed E-state index contributed by atoms with van der Waals surface area (Å²) in [6, 6.07) is 7.55. The van der Waals surface area contributed by atoms with Crippen LogP contribution in [0.25, 0.3) is 11.1 Å². The summed E-state index contributed by atoms with van der Waals surface area (Å²) in [7, 11) is 0. The van der Waals surface area contributed by atoms with E-state index in [1.807, 2.05) is 19.1 Å². The highest BCUT2D eigenvalue weighted by Gasteiger charge is 2.05. The Labute approximate surface area is 105 Å². The van der Waals surface area contributed by atoms with E-state index in [1.165, 1.54) is 4.88 Å². The lowest BCUT2D eigenvalue weighted by atomic mass is 10.1. The van der Waals surface area contributed by atoms with Gasteiger partial charge in [0.25, 0.3) is 0 Å². The molecule has 2 aromatic rings. The number of hydrogen-bond acceptors (Lipinski definition) is 2. The SMILES string of the molecule is CCNCc1ccc(-c2csc(C)c2)cc1F. The molecule has 17 heavy (non-hydrogen) atoms. The number of benzene rings is 1. The first-order valence-electron chi connectivity index (χ1n) is 5.75. The maximum absolute atomic E-state index is 13.8. The predicted octanol–water partition coefficient (Wildman–Crippen LogP) is 3.97. The van der Waals surface area contributed by atoms with E-state index >= 15 is 0 Å². The molecule has 1 heterocycles. The highest BCUT2D eigenvalue weighted by Crippen LogP contribution is 2.26. The van der Waals surface area contributed by atoms with Crippen LogP contribution in [-0.2, 0) is 6.54 Å². The zero-order chi connectivity index (χ0) is 12.3. The molecule has 0 atom stereocenters. The molecule has 0 aliphatic carbocycles. The Kier molecular flexibility index (Phi) is 3.92. The molecule has 0 bridgehead atoms. The van der Waals surface area contributed by atoms with Crippen LogP contribution in [0, 0.1) is 12.7 Å². The van der Waals surface area contributed by atoms with E-state index in [9.17, 15) is 4.39 Å². The first kappa shape index (κ1) is 12.3. The molecule has 1 nitrogen and oxygen atoms in total. The maximum atomic E-state index is 13.8. The van der Waals surface area contributed by atoms with Crippen LogP contribution in [0.2, 0.25) is 0 Å². The molecular weight excluding hydrogens is 233 g/mol. The van der Waals surface area contributed by atoms with Gasteiger partial charge in [-0.3, -0.25) is 0 Å². The van der Waals surface area contributed by atoms with Crippen molar-refractivity contribution in [1.82, 2.24) is 5.32 Å². The van der Waals surface area contributed by atoms with E-state index in [2.05, 4.69) is 23.7 Å². The monoisotopic (exact) mass is 249 g/mol. The largest absolute Gasteiger partial charge is 0.313 e. The molecule has 90 valence electrons. The van der Waals surface area contributed by atoms with Crippen molar-refractivity contribution < 1.29 is 4.39 Å². The molecule has 0 aliphatic rings. The summed E-state index contributed by atoms with van der Waals surface area (Å²) >= 11 is 1.69. The lowest BCUT2D eigenvalue weighted by molar-refractivity contribution is 0.594. The van der Waals surface area contributed by atoms with Crippen molar-refractivity contribution >= 4 is 11.3 Å². The van der Waals surface area contributed by atoms with Gasteiger partial charge in [-0.15, -0.1) is 11.3 Å². The number of halogens is 1. The van der Waals surface area contributed by atoms with Crippen molar-refractivity contribution in [2.45, 2.75) is 20.4 Å². The topological polar surface area (TPSA) is 12.0 Å². The molecule has 1 aromatic carbocycles. The van der Waals surface area contributed by atoms with Crippen molar-refractivity contribution in [3.05, 3.63) is 45.9 Å². The summed E-state index contributed by atoms with van der Waals surface area (Å²) in [5.74, 6) is -0.132. The fourth-order valence-electron chi connectivity index (χ4n) is 1.72. The molecule has 3 heteroatoms. The number of hydrogen-bond donors (Lipinski definition) is 1. The van der Waals surface area contributed by atoms with Crippen molar-refractivity contribution in [1.29, 1.82) is 0 Å². The summed E-state index contributed by atoms with van der Waals surface area (Å²) in [5, 5.41) is 5.19. The molecule has 2 rings (SSSR count). The summed E-state index contributed by atoms with van der Waals surface area (Å²) in [6.45, 7) is 5.51. The van der Waals surface area contributed by atoms with Crippen molar-refractivity contribution in [2.75, 3.05) is 6.54 Å². The van der Waals surface area contributed by atoms with Crippen LogP contribution in [0.5, 0.6) is 0 Å². The van der Waals surface area contributed by atoms with Gasteiger partial charge >= 0.3 is 0 Å². The minimum atomic E-state index is -0.132. The normalized spacial score (nSPS) is 10.8. The van der Waals surface area contributed by atoms with Gasteiger partial charge in [0, 0.05) is 17.0 Å². The van der Waals surface area contributed by atoms with Gasteiger partial charge in [-0.2, -0.15) is 0 Å². The molecule has 0 unspecified atom stereocenters. The Morgan fingerprint density at radius 1 is 1.24 bits per heavy atom. The van der Waals surface area contributed by atoms with Crippen LogP contribution in [-0.4, -0.2) is 6.54 Å². The van der Waals surface area contributed by atoms with Gasteiger partial charge in [0.1, 0.15) is 5.82 Å². The Balaban J connectivity index is 2.24. The Bertz CT molecular complexity index is 505. The molecule has 1 aromatic heterocycles. The highest BCUT2D eigenvalue weighted by molar-refractivity contribution is 7.10. The van der Waals surface area contributed by atoms with Gasteiger partial charge in [0.15, 0.2) is 0 Å². The zero-order valence-electron chi connectivity index (χ0n) is 10.1. The number of nitrogens with one attached hydrogen (secondary N) is 1. The van der Waals surface area contributed by atoms with Crippen LogP contribution >= 0.6 is 11.3 Å². The fourth-order valence-corrected chi connectivity index (χ4v) is 2.44. The van der Waals surface area contributed by atoms with E-state index in [4.69, 9.17) is 0 Å². The molecule has 0 saturated heterocycles. The second-order valence-corrected chi connectivity index (χ2v) is 5.15. The third-order valence-electron chi connectivity index (χ3n) is 2.68. The highest BCUT2D eigenvalue weighted by atomic mass is 32.1. The summed E-state index contributed by atoms with van der Waals surface area (Å²) in [4.78, 5) is 1.25. The molecule has 1 N–H and O–H groups in total. The van der Waals surface area contributed by atoms with Crippen LogP contribution in [0.15, 0.2) is 29.6 Å². The third kappa shape index (κ3) is 2.93. The number of rotatable bonds is 4. The fraction of sp³-hybridized carbons (Fsp3) is 0.286. The molecule has 0 fully saturated rings. The lowest BCUT2D eigenvalue weighted by Gasteiger charge is -2.05. The molecular formula is C14H16FNS. The van der Waals surface area contributed by atoms with Crippen molar-refractivity contribution in [3.63, 3.8) is 0 Å². The van der Waals surface area contributed by atoms with Gasteiger partial charge in [-0.25, -0.2) is 4.39 Å². The number of aryl methyl sites for hydroxylation is 1. The average Bonchev–Trinajstić information content (AvgIpc) is 2.74. The Morgan fingerprint density at radius 2 is 2.06 bits per heavy atom. The third-order valence-corrected chi connectivity index (χ3v) is 3.54. The van der Waals surface area contributed by atoms with E-state index in [1.54, 1.807) is 17.4 Å². The summed E-state index contributed by atoms with van der Waals surface area (Å²) in [6.07, 6.45) is 0. The van der Waals surface area contributed by atoms with Gasteiger partial charge in [0.2, 0.25) is 0 Å². The summed E-state index contributed by atoms with van der Waals surface area (Å²) < 4.78 is 13.8. The standard InChI is InChI=1S/C14H16FNS/c1-3-16-8-12-5-4-11(7-14(12)15)13-6-10(2)17-9-13/h4-7,9,16H,3,8H2,1-2H3. The predicted molar refractivity (Wildman–Crippen MR) is 71.8 cm³/mol. The van der Waals surface area contributed by atoms with Crippen LogP contribution in [0.4, 0.5) is 4.39 Å². The molecule has 0 aliphatic heterocycles. The Hall–Kier alpha value is -1.19. The van der Waals surface area contributed by atoms with Crippen molar-refractivity contribution in [3.8, 4) is 11.1 Å². The van der Waals surface area contributed by atoms with E-state index in [0.717, 1.165) is 23.2 Å². The second-order valence-electron chi connectivity index (χ2n) is 4.03. The smallest absolute Gasteiger partial charge is 0.128 e. The second kappa shape index (κ2) is 5.43. The minimum Gasteiger partial charge on any atom is -0.313 e. The van der Waals surface area contributed by atoms with E-state index in [-0.39, 0.29) is 5.82 Å². The van der Waals surface area contributed by atoms with E-state index < -0.39 is 0 Å². The van der Waals surface area contributed by atoms with Gasteiger partial charge < -0.3 is 5.32 Å². The van der Waals surface area contributed by atoms with Crippen LogP contribution in [0.3, 0.4) is 0 Å². The lowest BCUT2D eigenvalue weighted by Crippen LogP contribution is -2.12. The van der Waals surface area contributed by atoms with Gasteiger partial charge in [-0.05, 0) is 42.1 Å². The number of thiophene rings is 1. The minimum absolute atomic E-state index is 0.132. The average molecular weight is 249 g/mol. The first-order chi connectivity index (χ1) is 8.20. The molecule has 0 spiro atoms. The molecule has 0 amide bonds.